The van der Waals surface area contributed by atoms with Crippen LogP contribution in [0.15, 0.2) is 47.5 Å². The predicted molar refractivity (Wildman–Crippen MR) is 124 cm³/mol. The summed E-state index contributed by atoms with van der Waals surface area (Å²) < 4.78 is 5.07. The van der Waals surface area contributed by atoms with Crippen LogP contribution in [-0.2, 0) is 14.3 Å². The first-order chi connectivity index (χ1) is 15.1. The maximum Gasteiger partial charge on any atom is 0.278 e. The Morgan fingerprint density at radius 1 is 1.03 bits per heavy atom. The number of amides is 2. The predicted octanol–water partition coefficient (Wildman–Crippen LogP) is 2.73. The Morgan fingerprint density at radius 2 is 1.77 bits per heavy atom. The van der Waals surface area contributed by atoms with Crippen molar-refractivity contribution in [2.45, 2.75) is 6.92 Å². The van der Waals surface area contributed by atoms with Crippen LogP contribution in [0.2, 0.25) is 0 Å². The van der Waals surface area contributed by atoms with Crippen LogP contribution in [0.5, 0.6) is 0 Å². The summed E-state index contributed by atoms with van der Waals surface area (Å²) >= 11 is 1.45. The monoisotopic (exact) mass is 440 g/mol. The van der Waals surface area contributed by atoms with E-state index in [0.29, 0.717) is 17.9 Å². The highest BCUT2D eigenvalue weighted by Gasteiger charge is 2.39. The Balaban J connectivity index is 1.53. The maximum absolute atomic E-state index is 13.0. The van der Waals surface area contributed by atoms with Gasteiger partial charge < -0.3 is 19.9 Å². The highest BCUT2D eigenvalue weighted by molar-refractivity contribution is 7.11. The third kappa shape index (κ3) is 4.51. The summed E-state index contributed by atoms with van der Waals surface area (Å²) in [5.41, 5.74) is 2.71. The van der Waals surface area contributed by atoms with Crippen LogP contribution in [0.25, 0.3) is 5.57 Å². The lowest BCUT2D eigenvalue weighted by atomic mass is 10.1. The number of likely N-dealkylation sites (N-methyl/N-ethyl adjacent to an activating group) is 1. The van der Waals surface area contributed by atoms with Crippen molar-refractivity contribution in [2.75, 3.05) is 63.2 Å². The van der Waals surface area contributed by atoms with Crippen molar-refractivity contribution in [1.82, 2.24) is 9.80 Å². The number of imide groups is 1. The van der Waals surface area contributed by atoms with E-state index in [-0.39, 0.29) is 18.4 Å². The minimum atomic E-state index is -0.315. The highest BCUT2D eigenvalue weighted by Crippen LogP contribution is 2.33. The molecule has 8 heteroatoms. The van der Waals surface area contributed by atoms with Crippen molar-refractivity contribution in [2.24, 2.45) is 0 Å². The number of rotatable bonds is 8. The van der Waals surface area contributed by atoms with E-state index in [0.717, 1.165) is 43.3 Å². The van der Waals surface area contributed by atoms with E-state index in [9.17, 15) is 9.59 Å². The molecule has 2 aromatic rings. The fraction of sp³-hybridized carbons (Fsp3) is 0.391. The molecule has 0 spiro atoms. The fourth-order valence-corrected chi connectivity index (χ4v) is 4.72. The summed E-state index contributed by atoms with van der Waals surface area (Å²) in [6.07, 6.45) is 0. The van der Waals surface area contributed by atoms with Crippen LogP contribution in [0.3, 0.4) is 0 Å². The van der Waals surface area contributed by atoms with Crippen molar-refractivity contribution in [3.05, 3.63) is 52.4 Å². The number of ether oxygens (including phenoxy) is 1. The van der Waals surface area contributed by atoms with Gasteiger partial charge in [-0.1, -0.05) is 13.0 Å². The van der Waals surface area contributed by atoms with Gasteiger partial charge in [0.15, 0.2) is 0 Å². The Kier molecular flexibility index (Phi) is 6.70. The van der Waals surface area contributed by atoms with Crippen LogP contribution in [0.4, 0.5) is 11.4 Å². The topological polar surface area (TPSA) is 65.1 Å². The zero-order chi connectivity index (χ0) is 21.8. The number of methoxy groups -OCH3 is 1. The number of thiophene rings is 1. The van der Waals surface area contributed by atoms with Gasteiger partial charge in [-0.3, -0.25) is 14.5 Å². The first-order valence-corrected chi connectivity index (χ1v) is 11.5. The van der Waals surface area contributed by atoms with E-state index in [2.05, 4.69) is 34.2 Å². The molecule has 164 valence electrons. The van der Waals surface area contributed by atoms with E-state index in [1.807, 2.05) is 29.6 Å². The number of hydrogen-bond donors (Lipinski definition) is 1. The number of piperazine rings is 1. The molecule has 0 atom stereocenters. The van der Waals surface area contributed by atoms with Crippen molar-refractivity contribution >= 4 is 40.1 Å². The van der Waals surface area contributed by atoms with Gasteiger partial charge in [-0.05, 0) is 42.3 Å². The SMILES string of the molecule is CCN1CCN(c2ccc(NC3=C(c4cccs4)C(=O)N(CCOC)C3=O)cc2)CC1. The van der Waals surface area contributed by atoms with Gasteiger partial charge in [0.25, 0.3) is 11.8 Å². The summed E-state index contributed by atoms with van der Waals surface area (Å²) in [5.74, 6) is -0.595. The van der Waals surface area contributed by atoms with Crippen LogP contribution in [0, 0.1) is 0 Å². The van der Waals surface area contributed by atoms with Gasteiger partial charge in [0.1, 0.15) is 5.70 Å². The summed E-state index contributed by atoms with van der Waals surface area (Å²) in [6.45, 7) is 7.99. The molecular weight excluding hydrogens is 412 g/mol. The zero-order valence-corrected chi connectivity index (χ0v) is 18.8. The largest absolute Gasteiger partial charge is 0.383 e. The van der Waals surface area contributed by atoms with Crippen molar-refractivity contribution in [1.29, 1.82) is 0 Å². The summed E-state index contributed by atoms with van der Waals surface area (Å²) in [4.78, 5) is 32.9. The molecule has 1 fully saturated rings. The van der Waals surface area contributed by atoms with E-state index >= 15 is 0 Å². The lowest BCUT2D eigenvalue weighted by Crippen LogP contribution is -2.46. The van der Waals surface area contributed by atoms with E-state index < -0.39 is 0 Å². The van der Waals surface area contributed by atoms with Gasteiger partial charge in [-0.25, -0.2) is 0 Å². The molecule has 4 rings (SSSR count). The van der Waals surface area contributed by atoms with Crippen molar-refractivity contribution in [3.63, 3.8) is 0 Å². The molecule has 2 amide bonds. The molecule has 0 aliphatic carbocycles. The molecule has 7 nitrogen and oxygen atoms in total. The first kappa shape index (κ1) is 21.5. The summed E-state index contributed by atoms with van der Waals surface area (Å²) in [6, 6.07) is 11.8. The molecule has 0 bridgehead atoms. The average molecular weight is 441 g/mol. The molecule has 1 N–H and O–H groups in total. The second-order valence-electron chi connectivity index (χ2n) is 7.58. The number of carbonyl (C=O) groups is 2. The van der Waals surface area contributed by atoms with Gasteiger partial charge in [0.2, 0.25) is 0 Å². The van der Waals surface area contributed by atoms with E-state index in [4.69, 9.17) is 4.74 Å². The smallest absolute Gasteiger partial charge is 0.278 e. The lowest BCUT2D eigenvalue weighted by Gasteiger charge is -2.35. The second kappa shape index (κ2) is 9.64. The van der Waals surface area contributed by atoms with E-state index in [1.165, 1.54) is 21.9 Å². The quantitative estimate of drug-likeness (QED) is 0.637. The normalized spacial score (nSPS) is 17.7. The van der Waals surface area contributed by atoms with Crippen molar-refractivity contribution < 1.29 is 14.3 Å². The number of nitrogens with one attached hydrogen (secondary N) is 1. The number of nitrogens with zero attached hydrogens (tertiary/aromatic N) is 3. The molecular formula is C23H28N4O3S. The molecule has 0 unspecified atom stereocenters. The van der Waals surface area contributed by atoms with Crippen molar-refractivity contribution in [3.8, 4) is 0 Å². The molecule has 1 aromatic carbocycles. The Bertz CT molecular complexity index is 948. The molecule has 1 aromatic heterocycles. The zero-order valence-electron chi connectivity index (χ0n) is 18.0. The number of benzene rings is 1. The average Bonchev–Trinajstić information content (AvgIpc) is 3.40. The van der Waals surface area contributed by atoms with Crippen LogP contribution in [-0.4, -0.2) is 74.6 Å². The highest BCUT2D eigenvalue weighted by atomic mass is 32.1. The molecule has 2 aliphatic rings. The van der Waals surface area contributed by atoms with Crippen LogP contribution >= 0.6 is 11.3 Å². The van der Waals surface area contributed by atoms with Crippen LogP contribution < -0.4 is 10.2 Å². The Morgan fingerprint density at radius 3 is 2.39 bits per heavy atom. The second-order valence-corrected chi connectivity index (χ2v) is 8.52. The molecule has 31 heavy (non-hydrogen) atoms. The van der Waals surface area contributed by atoms with Gasteiger partial charge >= 0.3 is 0 Å². The van der Waals surface area contributed by atoms with Gasteiger partial charge in [0.05, 0.1) is 18.7 Å². The third-order valence-corrected chi connectivity index (χ3v) is 6.66. The molecule has 0 saturated carbocycles. The molecule has 3 heterocycles. The van der Waals surface area contributed by atoms with Gasteiger partial charge in [0, 0.05) is 49.5 Å². The molecule has 2 aliphatic heterocycles. The van der Waals surface area contributed by atoms with Gasteiger partial charge in [-0.2, -0.15) is 0 Å². The fourth-order valence-electron chi connectivity index (χ4n) is 3.95. The third-order valence-electron chi connectivity index (χ3n) is 5.78. The number of hydrogen-bond acceptors (Lipinski definition) is 7. The summed E-state index contributed by atoms with van der Waals surface area (Å²) in [7, 11) is 1.56. The first-order valence-electron chi connectivity index (χ1n) is 10.6. The molecule has 0 radical (unpaired) electrons. The number of carbonyl (C=O) groups excluding carboxylic acids is 2. The minimum absolute atomic E-state index is 0.233. The Labute approximate surface area is 186 Å². The molecule has 1 saturated heterocycles. The lowest BCUT2D eigenvalue weighted by molar-refractivity contribution is -0.137. The summed E-state index contributed by atoms with van der Waals surface area (Å²) in [5, 5.41) is 5.12. The van der Waals surface area contributed by atoms with E-state index in [1.54, 1.807) is 7.11 Å². The standard InChI is InChI=1S/C23H28N4O3S/c1-3-25-10-12-26(13-11-25)18-8-6-17(7-9-18)24-21-20(19-5-4-16-31-19)22(28)27(23(21)29)14-15-30-2/h4-9,16,24H,3,10-15H2,1-2H3. The van der Waals surface area contributed by atoms with Gasteiger partial charge in [-0.15, -0.1) is 11.3 Å². The number of anilines is 2. The van der Waals surface area contributed by atoms with Crippen LogP contribution in [0.1, 0.15) is 11.8 Å². The Hall–Kier alpha value is -2.68. The minimum Gasteiger partial charge on any atom is -0.383 e. The maximum atomic E-state index is 13.0.